The van der Waals surface area contributed by atoms with Gasteiger partial charge in [0.15, 0.2) is 0 Å². The third-order valence-corrected chi connectivity index (χ3v) is 2.50. The van der Waals surface area contributed by atoms with E-state index in [0.717, 1.165) is 0 Å². The fourth-order valence-electron chi connectivity index (χ4n) is 0.375. The van der Waals surface area contributed by atoms with E-state index in [-0.39, 0.29) is 5.41 Å². The van der Waals surface area contributed by atoms with E-state index in [1.165, 1.54) is 0 Å². The van der Waals surface area contributed by atoms with Crippen molar-refractivity contribution in [3.05, 3.63) is 6.42 Å². The van der Waals surface area contributed by atoms with Crippen LogP contribution in [-0.4, -0.2) is 0 Å². The summed E-state index contributed by atoms with van der Waals surface area (Å²) in [5.41, 5.74) is 0.564. The van der Waals surface area contributed by atoms with Gasteiger partial charge in [0.1, 0.15) is 0 Å². The first-order chi connectivity index (χ1) is 3.81. The molecule has 0 saturated carbocycles. The third kappa shape index (κ3) is 2.00. The fraction of sp³-hybridized carbons (Fsp3) is 0.889. The molecule has 0 rings (SSSR count). The lowest BCUT2D eigenvalue weighted by Crippen LogP contribution is -2.28. The van der Waals surface area contributed by atoms with Crippen LogP contribution < -0.4 is 0 Å². The Kier molecular flexibility index (Phi) is 2.32. The molecule has 9 heavy (non-hydrogen) atoms. The molecular formula is C9H18. The molecule has 0 unspecified atom stereocenters. The molecule has 0 bridgehead atoms. The van der Waals surface area contributed by atoms with Gasteiger partial charge in [0.25, 0.3) is 0 Å². The average molecular weight is 126 g/mol. The highest BCUT2D eigenvalue weighted by Gasteiger charge is 2.30. The molecule has 0 aliphatic carbocycles. The lowest BCUT2D eigenvalue weighted by Gasteiger charge is -2.37. The summed E-state index contributed by atoms with van der Waals surface area (Å²) in [6.07, 6.45) is 3.28. The first-order valence-electron chi connectivity index (χ1n) is 3.50. The molecule has 0 saturated heterocycles. The molecule has 0 aromatic rings. The van der Waals surface area contributed by atoms with E-state index >= 15 is 0 Å². The van der Waals surface area contributed by atoms with Gasteiger partial charge in [-0.15, -0.1) is 0 Å². The predicted molar refractivity (Wildman–Crippen MR) is 42.2 cm³/mol. The molecule has 0 aliphatic rings. The molecule has 0 spiro atoms. The van der Waals surface area contributed by atoms with Gasteiger partial charge in [-0.25, -0.2) is 0 Å². The van der Waals surface area contributed by atoms with Crippen LogP contribution in [0.15, 0.2) is 0 Å². The van der Waals surface area contributed by atoms with Crippen molar-refractivity contribution in [2.45, 2.75) is 41.5 Å². The second-order valence-corrected chi connectivity index (χ2v) is 4.12. The lowest BCUT2D eigenvalue weighted by atomic mass is 9.68. The van der Waals surface area contributed by atoms with E-state index in [1.807, 2.05) is 6.92 Å². The second-order valence-electron chi connectivity index (χ2n) is 4.12. The van der Waals surface area contributed by atoms with E-state index < -0.39 is 0 Å². The van der Waals surface area contributed by atoms with Crippen molar-refractivity contribution in [1.29, 1.82) is 0 Å². The Hall–Kier alpha value is 0. The fourth-order valence-corrected chi connectivity index (χ4v) is 0.375. The van der Waals surface area contributed by atoms with Crippen molar-refractivity contribution in [2.75, 3.05) is 0 Å². The lowest BCUT2D eigenvalue weighted by molar-refractivity contribution is 0.173. The van der Waals surface area contributed by atoms with Crippen LogP contribution in [0.25, 0.3) is 0 Å². The smallest absolute Gasteiger partial charge is 0.0140 e. The van der Waals surface area contributed by atoms with Crippen LogP contribution in [0.5, 0.6) is 0 Å². The van der Waals surface area contributed by atoms with Crippen LogP contribution in [0.3, 0.4) is 0 Å². The molecule has 0 aliphatic heterocycles. The van der Waals surface area contributed by atoms with Crippen molar-refractivity contribution < 1.29 is 0 Å². The monoisotopic (exact) mass is 126 g/mol. The Morgan fingerprint density at radius 2 is 1.22 bits per heavy atom. The first kappa shape index (κ1) is 9.00. The third-order valence-electron chi connectivity index (χ3n) is 2.50. The van der Waals surface area contributed by atoms with Gasteiger partial charge >= 0.3 is 0 Å². The van der Waals surface area contributed by atoms with Gasteiger partial charge in [-0.1, -0.05) is 41.5 Å². The minimum atomic E-state index is 0.229. The zero-order chi connectivity index (χ0) is 7.71. The molecule has 0 heterocycles. The van der Waals surface area contributed by atoms with Crippen LogP contribution in [0.4, 0.5) is 0 Å². The van der Waals surface area contributed by atoms with E-state index in [0.29, 0.717) is 5.41 Å². The Labute approximate surface area is 59.7 Å². The van der Waals surface area contributed by atoms with Gasteiger partial charge in [-0.2, -0.15) is 0 Å². The molecule has 0 atom stereocenters. The van der Waals surface area contributed by atoms with Gasteiger partial charge < -0.3 is 0 Å². The summed E-state index contributed by atoms with van der Waals surface area (Å²) in [7, 11) is 0. The predicted octanol–water partition coefficient (Wildman–Crippen LogP) is 3.16. The highest BCUT2D eigenvalue weighted by molar-refractivity contribution is 4.90. The maximum absolute atomic E-state index is 3.28. The summed E-state index contributed by atoms with van der Waals surface area (Å²) in [4.78, 5) is 0. The van der Waals surface area contributed by atoms with E-state index in [4.69, 9.17) is 0 Å². The number of hydrogen-bond acceptors (Lipinski definition) is 0. The van der Waals surface area contributed by atoms with Crippen LogP contribution in [0, 0.1) is 17.3 Å². The van der Waals surface area contributed by atoms with Crippen LogP contribution in [0.2, 0.25) is 0 Å². The van der Waals surface area contributed by atoms with E-state index in [2.05, 4.69) is 41.0 Å². The maximum Gasteiger partial charge on any atom is -0.0140 e. The molecule has 0 aromatic heterocycles. The Bertz CT molecular complexity index is 82.7. The van der Waals surface area contributed by atoms with E-state index in [1.54, 1.807) is 0 Å². The summed E-state index contributed by atoms with van der Waals surface area (Å²) in [6.45, 7) is 13.2. The van der Waals surface area contributed by atoms with Gasteiger partial charge in [-0.3, -0.25) is 0 Å². The topological polar surface area (TPSA) is 0 Å². The van der Waals surface area contributed by atoms with Crippen molar-refractivity contribution in [1.82, 2.24) is 0 Å². The van der Waals surface area contributed by atoms with Crippen molar-refractivity contribution >= 4 is 0 Å². The Balaban J connectivity index is 4.14. The molecule has 2 radical (unpaired) electrons. The van der Waals surface area contributed by atoms with Crippen molar-refractivity contribution in [3.63, 3.8) is 0 Å². The van der Waals surface area contributed by atoms with Gasteiger partial charge in [0, 0.05) is 0 Å². The van der Waals surface area contributed by atoms with Gasteiger partial charge in [-0.05, 0) is 17.3 Å². The summed E-state index contributed by atoms with van der Waals surface area (Å²) in [6, 6.07) is 0. The Morgan fingerprint density at radius 3 is 1.22 bits per heavy atom. The molecular weight excluding hydrogens is 108 g/mol. The largest absolute Gasteiger partial charge is 0.0596 e. The van der Waals surface area contributed by atoms with Crippen LogP contribution in [-0.2, 0) is 0 Å². The number of rotatable bonds is 1. The van der Waals surface area contributed by atoms with Crippen LogP contribution in [0.1, 0.15) is 41.5 Å². The van der Waals surface area contributed by atoms with Crippen molar-refractivity contribution in [2.24, 2.45) is 10.8 Å². The molecule has 54 valence electrons. The second kappa shape index (κ2) is 2.32. The Morgan fingerprint density at radius 1 is 0.889 bits per heavy atom. The average Bonchev–Trinajstić information content (AvgIpc) is 1.64. The van der Waals surface area contributed by atoms with E-state index in [9.17, 15) is 0 Å². The summed E-state index contributed by atoms with van der Waals surface area (Å²) < 4.78 is 0. The normalized spacial score (nSPS) is 14.0. The standard InChI is InChI=1S/C9H18/c1-7-9(5,6)8(2,3)4/h1-6H3. The zero-order valence-electron chi connectivity index (χ0n) is 7.50. The molecule has 0 N–H and O–H groups in total. The summed E-state index contributed by atoms with van der Waals surface area (Å²) >= 11 is 0. The quantitative estimate of drug-likeness (QED) is 0.506. The molecule has 0 nitrogen and oxygen atoms in total. The summed E-state index contributed by atoms with van der Waals surface area (Å²) in [5, 5.41) is 0. The first-order valence-corrected chi connectivity index (χ1v) is 3.50. The molecule has 0 fully saturated rings. The molecule has 0 heteroatoms. The summed E-state index contributed by atoms with van der Waals surface area (Å²) in [5.74, 6) is 0. The highest BCUT2D eigenvalue weighted by atomic mass is 14.3. The zero-order valence-corrected chi connectivity index (χ0v) is 7.50. The van der Waals surface area contributed by atoms with Crippen LogP contribution >= 0.6 is 0 Å². The van der Waals surface area contributed by atoms with Gasteiger partial charge in [0.2, 0.25) is 0 Å². The molecule has 0 amide bonds. The minimum Gasteiger partial charge on any atom is -0.0596 e. The SMILES string of the molecule is C[C]C(C)(C)C(C)(C)C. The number of hydrogen-bond donors (Lipinski definition) is 0. The maximum atomic E-state index is 3.28. The van der Waals surface area contributed by atoms with Gasteiger partial charge in [0.05, 0.1) is 0 Å². The highest BCUT2D eigenvalue weighted by Crippen LogP contribution is 2.39. The minimum absolute atomic E-state index is 0.229. The van der Waals surface area contributed by atoms with Crippen molar-refractivity contribution in [3.8, 4) is 0 Å². The molecule has 0 aromatic carbocycles.